The second-order valence-corrected chi connectivity index (χ2v) is 8.61. The third-order valence-electron chi connectivity index (χ3n) is 5.43. The summed E-state index contributed by atoms with van der Waals surface area (Å²) in [5, 5.41) is 12.2. The van der Waals surface area contributed by atoms with E-state index in [9.17, 15) is 19.5 Å². The largest absolute Gasteiger partial charge is 0.497 e. The second-order valence-electron chi connectivity index (χ2n) is 7.61. The van der Waals surface area contributed by atoms with Gasteiger partial charge in [-0.05, 0) is 49.7 Å². The van der Waals surface area contributed by atoms with Crippen LogP contribution in [0, 0.1) is 0 Å². The molecular weight excluding hydrogens is 470 g/mol. The van der Waals surface area contributed by atoms with Gasteiger partial charge in [-0.3, -0.25) is 9.36 Å². The summed E-state index contributed by atoms with van der Waals surface area (Å²) in [5.41, 5.74) is 1.77. The van der Waals surface area contributed by atoms with E-state index >= 15 is 0 Å². The Morgan fingerprint density at radius 3 is 2.63 bits per heavy atom. The Morgan fingerprint density at radius 1 is 1.23 bits per heavy atom. The molecule has 9 nitrogen and oxygen atoms in total. The van der Waals surface area contributed by atoms with E-state index < -0.39 is 18.0 Å². The average Bonchev–Trinajstić information content (AvgIpc) is 3.16. The fraction of sp³-hybridized carbons (Fsp3) is 0.200. The number of anilines is 1. The van der Waals surface area contributed by atoms with Crippen LogP contribution in [0.15, 0.2) is 69.6 Å². The quantitative estimate of drug-likeness (QED) is 0.486. The van der Waals surface area contributed by atoms with E-state index in [-0.39, 0.29) is 23.3 Å². The number of ether oxygens (including phenoxy) is 2. The van der Waals surface area contributed by atoms with Gasteiger partial charge < -0.3 is 19.9 Å². The molecule has 10 heteroatoms. The Hall–Kier alpha value is -4.18. The molecule has 3 aromatic rings. The molecule has 2 aromatic carbocycles. The molecule has 1 aliphatic heterocycles. The topological polar surface area (TPSA) is 119 Å². The zero-order valence-corrected chi connectivity index (χ0v) is 20.1. The fourth-order valence-corrected chi connectivity index (χ4v) is 4.75. The van der Waals surface area contributed by atoms with E-state index in [4.69, 9.17) is 9.47 Å². The summed E-state index contributed by atoms with van der Waals surface area (Å²) in [7, 11) is 1.56. The number of nitrogens with zero attached hydrogens (tertiary/aromatic N) is 2. The van der Waals surface area contributed by atoms with Crippen molar-refractivity contribution in [3.63, 3.8) is 0 Å². The lowest BCUT2D eigenvalue weighted by Crippen LogP contribution is -2.40. The zero-order chi connectivity index (χ0) is 25.1. The maximum absolute atomic E-state index is 13.5. The maximum Gasteiger partial charge on any atom is 0.338 e. The van der Waals surface area contributed by atoms with Gasteiger partial charge in [-0.1, -0.05) is 29.5 Å². The molecule has 4 rings (SSSR count). The molecule has 0 unspecified atom stereocenters. The second kappa shape index (κ2) is 9.98. The molecule has 1 aliphatic rings. The Balaban J connectivity index is 1.83. The number of carboxylic acid groups (broad SMARTS) is 1. The number of aromatic nitrogens is 1. The summed E-state index contributed by atoms with van der Waals surface area (Å²) in [5.74, 6) is -0.936. The van der Waals surface area contributed by atoms with E-state index in [1.54, 1.807) is 57.4 Å². The molecule has 0 saturated heterocycles. The number of rotatable bonds is 7. The van der Waals surface area contributed by atoms with Crippen molar-refractivity contribution in [3.05, 3.63) is 90.6 Å². The lowest BCUT2D eigenvalue weighted by atomic mass is 9.96. The van der Waals surface area contributed by atoms with E-state index in [1.165, 1.54) is 34.2 Å². The van der Waals surface area contributed by atoms with Crippen LogP contribution in [0.5, 0.6) is 5.75 Å². The number of methoxy groups -OCH3 is 1. The molecule has 2 N–H and O–H groups in total. The van der Waals surface area contributed by atoms with Crippen LogP contribution < -0.4 is 24.9 Å². The van der Waals surface area contributed by atoms with Crippen LogP contribution in [-0.2, 0) is 9.53 Å². The fourth-order valence-electron chi connectivity index (χ4n) is 3.78. The number of allylic oxidation sites excluding steroid dienone is 1. The number of thiazole rings is 1. The van der Waals surface area contributed by atoms with Gasteiger partial charge in [0.1, 0.15) is 10.3 Å². The van der Waals surface area contributed by atoms with Gasteiger partial charge in [0.15, 0.2) is 4.80 Å². The van der Waals surface area contributed by atoms with E-state index in [2.05, 4.69) is 10.3 Å². The van der Waals surface area contributed by atoms with Crippen molar-refractivity contribution in [3.8, 4) is 5.75 Å². The van der Waals surface area contributed by atoms with E-state index in [1.807, 2.05) is 0 Å². The van der Waals surface area contributed by atoms with Gasteiger partial charge in [0.05, 0.1) is 36.6 Å². The zero-order valence-electron chi connectivity index (χ0n) is 19.3. The average molecular weight is 494 g/mol. The summed E-state index contributed by atoms with van der Waals surface area (Å²) < 4.78 is 12.4. The van der Waals surface area contributed by atoms with Crippen molar-refractivity contribution in [1.82, 2.24) is 4.57 Å². The molecular formula is C25H23N3O6S. The van der Waals surface area contributed by atoms with Gasteiger partial charge in [-0.15, -0.1) is 0 Å². The predicted octanol–water partition coefficient (Wildman–Crippen LogP) is 2.53. The highest BCUT2D eigenvalue weighted by atomic mass is 32.1. The van der Waals surface area contributed by atoms with Crippen LogP contribution in [0.3, 0.4) is 0 Å². The number of hydrogen-bond acceptors (Lipinski definition) is 8. The third-order valence-corrected chi connectivity index (χ3v) is 6.41. The minimum Gasteiger partial charge on any atom is -0.497 e. The van der Waals surface area contributed by atoms with Gasteiger partial charge in [0.2, 0.25) is 0 Å². The number of fused-ring (bicyclic) bond motifs is 1. The molecule has 0 aliphatic carbocycles. The Morgan fingerprint density at radius 2 is 1.97 bits per heavy atom. The molecule has 0 radical (unpaired) electrons. The van der Waals surface area contributed by atoms with E-state index in [0.29, 0.717) is 32.0 Å². The first-order valence-corrected chi connectivity index (χ1v) is 11.6. The summed E-state index contributed by atoms with van der Waals surface area (Å²) in [6.07, 6.45) is 1.51. The van der Waals surface area contributed by atoms with Crippen molar-refractivity contribution in [2.45, 2.75) is 19.9 Å². The van der Waals surface area contributed by atoms with Crippen molar-refractivity contribution in [2.24, 2.45) is 4.99 Å². The molecule has 2 heterocycles. The lowest BCUT2D eigenvalue weighted by Gasteiger charge is -2.24. The van der Waals surface area contributed by atoms with Crippen LogP contribution in [0.2, 0.25) is 0 Å². The molecule has 0 fully saturated rings. The standard InChI is InChI=1S/C25H23N3O6S/c1-4-34-24(32)20-14(2)27-25-28(21(20)15-8-10-18(33-3)11-9-15)22(29)19(35-25)13-26-17-7-5-6-16(12-17)23(30)31/h5-13,21,26H,4H2,1-3H3,(H,30,31)/b19-13-/t21-/m0/s1. The highest BCUT2D eigenvalue weighted by Crippen LogP contribution is 2.31. The molecule has 0 amide bonds. The van der Waals surface area contributed by atoms with Crippen molar-refractivity contribution in [2.75, 3.05) is 19.0 Å². The normalized spacial score (nSPS) is 15.3. The predicted molar refractivity (Wildman–Crippen MR) is 131 cm³/mol. The lowest BCUT2D eigenvalue weighted by molar-refractivity contribution is -0.139. The first-order valence-electron chi connectivity index (χ1n) is 10.8. The Bertz CT molecular complexity index is 1500. The number of benzene rings is 2. The van der Waals surface area contributed by atoms with Gasteiger partial charge >= 0.3 is 11.9 Å². The summed E-state index contributed by atoms with van der Waals surface area (Å²) in [6, 6.07) is 12.7. The molecule has 180 valence electrons. The monoisotopic (exact) mass is 493 g/mol. The number of hydrogen-bond donors (Lipinski definition) is 2. The van der Waals surface area contributed by atoms with Crippen molar-refractivity contribution >= 4 is 35.2 Å². The van der Waals surface area contributed by atoms with Gasteiger partial charge in [-0.25, -0.2) is 14.6 Å². The number of esters is 1. The van der Waals surface area contributed by atoms with Crippen LogP contribution >= 0.6 is 11.3 Å². The summed E-state index contributed by atoms with van der Waals surface area (Å²) in [6.45, 7) is 3.63. The highest BCUT2D eigenvalue weighted by molar-refractivity contribution is 7.07. The number of carbonyl (C=O) groups excluding carboxylic acids is 1. The minimum absolute atomic E-state index is 0.124. The molecule has 0 bridgehead atoms. The van der Waals surface area contributed by atoms with Crippen LogP contribution in [-0.4, -0.2) is 35.3 Å². The highest BCUT2D eigenvalue weighted by Gasteiger charge is 2.33. The van der Waals surface area contributed by atoms with Crippen LogP contribution in [0.4, 0.5) is 5.69 Å². The maximum atomic E-state index is 13.5. The Labute approximate surface area is 204 Å². The Kier molecular flexibility index (Phi) is 6.83. The smallest absolute Gasteiger partial charge is 0.338 e. The number of aromatic carboxylic acids is 1. The first-order chi connectivity index (χ1) is 16.8. The van der Waals surface area contributed by atoms with Crippen molar-refractivity contribution in [1.29, 1.82) is 0 Å². The van der Waals surface area contributed by atoms with Gasteiger partial charge in [-0.2, -0.15) is 0 Å². The van der Waals surface area contributed by atoms with Crippen LogP contribution in [0.25, 0.3) is 6.20 Å². The molecule has 0 spiro atoms. The van der Waals surface area contributed by atoms with Crippen LogP contribution in [0.1, 0.15) is 35.8 Å². The summed E-state index contributed by atoms with van der Waals surface area (Å²) in [4.78, 5) is 42.6. The number of carboxylic acids is 1. The molecule has 0 saturated carbocycles. The first kappa shape index (κ1) is 24.0. The third kappa shape index (κ3) is 4.73. The molecule has 1 aromatic heterocycles. The summed E-state index contributed by atoms with van der Waals surface area (Å²) >= 11 is 1.17. The van der Waals surface area contributed by atoms with Gasteiger partial charge in [0, 0.05) is 11.9 Å². The van der Waals surface area contributed by atoms with Gasteiger partial charge in [0.25, 0.3) is 5.56 Å². The minimum atomic E-state index is -1.05. The number of nitrogens with one attached hydrogen (secondary N) is 1. The molecule has 35 heavy (non-hydrogen) atoms. The molecule has 1 atom stereocenters. The SMILES string of the molecule is CCOC(=O)C1=C(C)N=c2s/c(=C\Nc3cccc(C(=O)O)c3)c(=O)n2[C@H]1c1ccc(OC)cc1. The number of carbonyl (C=O) groups is 2. The van der Waals surface area contributed by atoms with E-state index in [0.717, 1.165) is 0 Å². The van der Waals surface area contributed by atoms with Crippen molar-refractivity contribution < 1.29 is 24.2 Å².